The van der Waals surface area contributed by atoms with Crippen LogP contribution in [0.25, 0.3) is 22.1 Å². The number of thiocarbonyl (C=S) groups is 1. The first-order valence-electron chi connectivity index (χ1n) is 6.12. The number of benzene rings is 2. The summed E-state index contributed by atoms with van der Waals surface area (Å²) in [7, 11) is 0. The van der Waals surface area contributed by atoms with Crippen LogP contribution in [0.15, 0.2) is 54.9 Å². The van der Waals surface area contributed by atoms with Gasteiger partial charge in [-0.2, -0.15) is 4.68 Å². The van der Waals surface area contributed by atoms with Crippen LogP contribution < -0.4 is 0 Å². The van der Waals surface area contributed by atoms with Gasteiger partial charge in [-0.1, -0.05) is 29.5 Å². The molecule has 2 aromatic heterocycles. The number of nitrogens with zero attached hydrogens (tertiary/aromatic N) is 5. The number of rotatable bonds is 0. The van der Waals surface area contributed by atoms with E-state index < -0.39 is 0 Å². The second kappa shape index (κ2) is 4.21. The normalized spacial score (nSPS) is 11.2. The number of hydrogen-bond donors (Lipinski definition) is 0. The van der Waals surface area contributed by atoms with Gasteiger partial charge < -0.3 is 0 Å². The van der Waals surface area contributed by atoms with Gasteiger partial charge in [-0.05, 0) is 36.5 Å². The van der Waals surface area contributed by atoms with E-state index in [0.29, 0.717) is 5.11 Å². The molecule has 0 bridgehead atoms. The first-order valence-corrected chi connectivity index (χ1v) is 6.53. The molecule has 4 rings (SSSR count). The second-order valence-corrected chi connectivity index (χ2v) is 4.74. The van der Waals surface area contributed by atoms with E-state index in [0.717, 1.165) is 22.1 Å². The minimum absolute atomic E-state index is 0.535. The predicted octanol–water partition coefficient (Wildman–Crippen LogP) is 2.46. The van der Waals surface area contributed by atoms with Crippen molar-refractivity contribution in [1.29, 1.82) is 0 Å². The second-order valence-electron chi connectivity index (χ2n) is 4.38. The number of fused-ring (bicyclic) bond motifs is 2. The minimum atomic E-state index is 0.535. The summed E-state index contributed by atoms with van der Waals surface area (Å²) in [4.78, 5) is 4.34. The van der Waals surface area contributed by atoms with Crippen LogP contribution in [0.3, 0.4) is 0 Å². The third-order valence-electron chi connectivity index (χ3n) is 3.19. The van der Waals surface area contributed by atoms with Crippen molar-refractivity contribution in [3.05, 3.63) is 54.9 Å². The van der Waals surface area contributed by atoms with E-state index in [1.165, 1.54) is 0 Å². The van der Waals surface area contributed by atoms with Crippen LogP contribution in [0.4, 0.5) is 0 Å². The number of aromatic nitrogens is 5. The summed E-state index contributed by atoms with van der Waals surface area (Å²) in [5, 5.41) is 8.79. The van der Waals surface area contributed by atoms with E-state index in [2.05, 4.69) is 15.3 Å². The van der Waals surface area contributed by atoms with E-state index >= 15 is 0 Å². The molecule has 96 valence electrons. The van der Waals surface area contributed by atoms with Crippen molar-refractivity contribution >= 4 is 39.4 Å². The van der Waals surface area contributed by atoms with Crippen LogP contribution in [0.5, 0.6) is 0 Å². The Morgan fingerprint density at radius 2 is 1.60 bits per heavy atom. The summed E-state index contributed by atoms with van der Waals surface area (Å²) in [6.45, 7) is 0. The number of hydrogen-bond acceptors (Lipinski definition) is 4. The highest BCUT2D eigenvalue weighted by molar-refractivity contribution is 7.80. The number of imidazole rings is 1. The Morgan fingerprint density at radius 1 is 0.900 bits per heavy atom. The molecule has 0 spiro atoms. The SMILES string of the molecule is S=C(n1cnc2ccccc21)n1nnc2ccccc21. The summed E-state index contributed by atoms with van der Waals surface area (Å²) in [6.07, 6.45) is 1.71. The van der Waals surface area contributed by atoms with Gasteiger partial charge in [-0.25, -0.2) is 4.98 Å². The fraction of sp³-hybridized carbons (Fsp3) is 0. The zero-order valence-corrected chi connectivity index (χ0v) is 11.2. The van der Waals surface area contributed by atoms with E-state index in [9.17, 15) is 0 Å². The maximum atomic E-state index is 5.53. The van der Waals surface area contributed by atoms with Gasteiger partial charge in [-0.15, -0.1) is 5.10 Å². The Balaban J connectivity index is 1.92. The zero-order chi connectivity index (χ0) is 13.5. The Hall–Kier alpha value is -2.60. The maximum absolute atomic E-state index is 5.53. The molecule has 2 heterocycles. The minimum Gasteiger partial charge on any atom is -0.274 e. The molecule has 0 aliphatic rings. The van der Waals surface area contributed by atoms with Crippen molar-refractivity contribution < 1.29 is 0 Å². The molecule has 0 aliphatic heterocycles. The Kier molecular flexibility index (Phi) is 2.37. The van der Waals surface area contributed by atoms with Crippen molar-refractivity contribution in [3.63, 3.8) is 0 Å². The van der Waals surface area contributed by atoms with Crippen LogP contribution in [0, 0.1) is 0 Å². The molecule has 2 aromatic carbocycles. The van der Waals surface area contributed by atoms with E-state index in [-0.39, 0.29) is 0 Å². The van der Waals surface area contributed by atoms with Crippen LogP contribution in [0.1, 0.15) is 0 Å². The molecular formula is C14H9N5S. The third-order valence-corrected chi connectivity index (χ3v) is 3.56. The monoisotopic (exact) mass is 279 g/mol. The van der Waals surface area contributed by atoms with Crippen molar-refractivity contribution in [2.75, 3.05) is 0 Å². The molecule has 0 amide bonds. The molecule has 0 saturated heterocycles. The Labute approximate surface area is 119 Å². The Bertz CT molecular complexity index is 861. The lowest BCUT2D eigenvalue weighted by Crippen LogP contribution is -2.19. The first-order chi connectivity index (χ1) is 9.84. The molecule has 6 heteroatoms. The largest absolute Gasteiger partial charge is 0.274 e. The summed E-state index contributed by atoms with van der Waals surface area (Å²) >= 11 is 5.53. The van der Waals surface area contributed by atoms with Crippen LogP contribution in [0.2, 0.25) is 0 Å². The molecule has 0 radical (unpaired) electrons. The highest BCUT2D eigenvalue weighted by Gasteiger charge is 2.12. The van der Waals surface area contributed by atoms with Crippen LogP contribution in [-0.2, 0) is 0 Å². The fourth-order valence-electron chi connectivity index (χ4n) is 2.22. The summed E-state index contributed by atoms with van der Waals surface area (Å²) in [5.74, 6) is 0. The van der Waals surface area contributed by atoms with Crippen molar-refractivity contribution in [2.24, 2.45) is 0 Å². The quantitative estimate of drug-likeness (QED) is 0.464. The van der Waals surface area contributed by atoms with Gasteiger partial charge in [-0.3, -0.25) is 4.57 Å². The van der Waals surface area contributed by atoms with Crippen molar-refractivity contribution in [2.45, 2.75) is 0 Å². The lowest BCUT2D eigenvalue weighted by atomic mass is 10.3. The average molecular weight is 279 g/mol. The third kappa shape index (κ3) is 1.55. The van der Waals surface area contributed by atoms with Crippen molar-refractivity contribution in [1.82, 2.24) is 24.5 Å². The fourth-order valence-corrected chi connectivity index (χ4v) is 2.50. The van der Waals surface area contributed by atoms with E-state index in [1.54, 1.807) is 11.0 Å². The van der Waals surface area contributed by atoms with Gasteiger partial charge in [0.15, 0.2) is 0 Å². The highest BCUT2D eigenvalue weighted by Crippen LogP contribution is 2.15. The van der Waals surface area contributed by atoms with Gasteiger partial charge in [0.1, 0.15) is 11.8 Å². The van der Waals surface area contributed by atoms with Gasteiger partial charge in [0.2, 0.25) is 5.11 Å². The van der Waals surface area contributed by atoms with Gasteiger partial charge in [0.05, 0.1) is 16.6 Å². The number of para-hydroxylation sites is 3. The molecule has 0 aliphatic carbocycles. The summed E-state index contributed by atoms with van der Waals surface area (Å²) < 4.78 is 3.49. The lowest BCUT2D eigenvalue weighted by molar-refractivity contribution is 0.846. The molecule has 20 heavy (non-hydrogen) atoms. The van der Waals surface area contributed by atoms with Gasteiger partial charge in [0, 0.05) is 0 Å². The zero-order valence-electron chi connectivity index (χ0n) is 10.3. The highest BCUT2D eigenvalue weighted by atomic mass is 32.1. The molecule has 0 N–H and O–H groups in total. The van der Waals surface area contributed by atoms with E-state index in [4.69, 9.17) is 12.2 Å². The van der Waals surface area contributed by atoms with Gasteiger partial charge >= 0.3 is 0 Å². The lowest BCUT2D eigenvalue weighted by Gasteiger charge is -2.06. The summed E-state index contributed by atoms with van der Waals surface area (Å²) in [6, 6.07) is 15.6. The molecule has 4 aromatic rings. The molecule has 0 fully saturated rings. The van der Waals surface area contributed by atoms with Crippen LogP contribution >= 0.6 is 12.2 Å². The van der Waals surface area contributed by atoms with Gasteiger partial charge in [0.25, 0.3) is 0 Å². The van der Waals surface area contributed by atoms with E-state index in [1.807, 2.05) is 53.1 Å². The first kappa shape index (κ1) is 11.2. The predicted molar refractivity (Wildman–Crippen MR) is 80.7 cm³/mol. The van der Waals surface area contributed by atoms with Crippen LogP contribution in [-0.4, -0.2) is 29.7 Å². The topological polar surface area (TPSA) is 48.5 Å². The molecule has 0 saturated carbocycles. The molecule has 0 atom stereocenters. The smallest absolute Gasteiger partial charge is 0.208 e. The summed E-state index contributed by atoms with van der Waals surface area (Å²) in [5.41, 5.74) is 3.56. The maximum Gasteiger partial charge on any atom is 0.208 e. The molecule has 0 unspecified atom stereocenters. The molecule has 5 nitrogen and oxygen atoms in total. The van der Waals surface area contributed by atoms with Crippen molar-refractivity contribution in [3.8, 4) is 0 Å². The average Bonchev–Trinajstić information content (AvgIpc) is 3.11. The molecular weight excluding hydrogens is 270 g/mol. The standard InChI is InChI=1S/C14H9N5S/c20-14(18-9-15-10-5-1-3-7-12(10)18)19-13-8-4-2-6-11(13)16-17-19/h1-9H. The Morgan fingerprint density at radius 3 is 2.45 bits per heavy atom.